The molecule has 0 radical (unpaired) electrons. The molecule has 1 rings (SSSR count). The summed E-state index contributed by atoms with van der Waals surface area (Å²) in [5, 5.41) is 16.8. The maximum Gasteiger partial charge on any atom is 0.332 e. The monoisotopic (exact) mass is 269 g/mol. The molecule has 0 bridgehead atoms. The second kappa shape index (κ2) is 7.47. The van der Waals surface area contributed by atoms with Gasteiger partial charge in [0.1, 0.15) is 5.69 Å². The number of rotatable bonds is 8. The SMILES string of the molecule is CNc1nc(C)c([N+](=O)[O-])c(NCCCCOC)n1. The van der Waals surface area contributed by atoms with E-state index in [1.54, 1.807) is 21.1 Å². The van der Waals surface area contributed by atoms with Crippen molar-refractivity contribution < 1.29 is 9.66 Å². The van der Waals surface area contributed by atoms with Crippen LogP contribution in [-0.2, 0) is 4.74 Å². The van der Waals surface area contributed by atoms with Gasteiger partial charge in [-0.2, -0.15) is 4.98 Å². The zero-order valence-corrected chi connectivity index (χ0v) is 11.4. The predicted octanol–water partition coefficient (Wildman–Crippen LogP) is 1.57. The molecule has 2 N–H and O–H groups in total. The lowest BCUT2D eigenvalue weighted by atomic mass is 10.3. The van der Waals surface area contributed by atoms with Crippen molar-refractivity contribution in [3.05, 3.63) is 15.8 Å². The Morgan fingerprint density at radius 1 is 1.37 bits per heavy atom. The van der Waals surface area contributed by atoms with Gasteiger partial charge < -0.3 is 15.4 Å². The maximum atomic E-state index is 11.0. The van der Waals surface area contributed by atoms with Crippen molar-refractivity contribution in [3.63, 3.8) is 0 Å². The van der Waals surface area contributed by atoms with Gasteiger partial charge in [-0.1, -0.05) is 0 Å². The van der Waals surface area contributed by atoms with Crippen LogP contribution < -0.4 is 10.6 Å². The Labute approximate surface area is 111 Å². The zero-order chi connectivity index (χ0) is 14.3. The smallest absolute Gasteiger partial charge is 0.332 e. The van der Waals surface area contributed by atoms with Crippen LogP contribution in [0.3, 0.4) is 0 Å². The van der Waals surface area contributed by atoms with Crippen molar-refractivity contribution in [2.75, 3.05) is 37.9 Å². The average Bonchev–Trinajstić information content (AvgIpc) is 2.37. The Balaban J connectivity index is 2.78. The highest BCUT2D eigenvalue weighted by atomic mass is 16.6. The van der Waals surface area contributed by atoms with Crippen LogP contribution in [0, 0.1) is 17.0 Å². The molecule has 0 saturated heterocycles. The number of hydrogen-bond donors (Lipinski definition) is 2. The van der Waals surface area contributed by atoms with Gasteiger partial charge in [0.05, 0.1) is 4.92 Å². The highest BCUT2D eigenvalue weighted by Gasteiger charge is 2.21. The molecule has 0 amide bonds. The highest BCUT2D eigenvalue weighted by Crippen LogP contribution is 2.26. The maximum absolute atomic E-state index is 11.0. The lowest BCUT2D eigenvalue weighted by Crippen LogP contribution is -2.11. The first-order chi connectivity index (χ1) is 9.10. The Morgan fingerprint density at radius 3 is 2.68 bits per heavy atom. The number of unbranched alkanes of at least 4 members (excludes halogenated alkanes) is 1. The summed E-state index contributed by atoms with van der Waals surface area (Å²) in [5.74, 6) is 0.613. The summed E-state index contributed by atoms with van der Waals surface area (Å²) < 4.78 is 4.94. The molecule has 0 aliphatic rings. The third-order valence-electron chi connectivity index (χ3n) is 2.53. The van der Waals surface area contributed by atoms with Gasteiger partial charge in [0, 0.05) is 27.3 Å². The topological polar surface area (TPSA) is 102 Å². The lowest BCUT2D eigenvalue weighted by Gasteiger charge is -2.09. The Hall–Kier alpha value is -1.96. The van der Waals surface area contributed by atoms with E-state index >= 15 is 0 Å². The quantitative estimate of drug-likeness (QED) is 0.419. The molecule has 19 heavy (non-hydrogen) atoms. The van der Waals surface area contributed by atoms with E-state index in [0.717, 1.165) is 12.8 Å². The molecule has 0 aliphatic heterocycles. The van der Waals surface area contributed by atoms with E-state index in [9.17, 15) is 10.1 Å². The van der Waals surface area contributed by atoms with E-state index < -0.39 is 4.92 Å². The predicted molar refractivity (Wildman–Crippen MR) is 72.6 cm³/mol. The van der Waals surface area contributed by atoms with E-state index in [-0.39, 0.29) is 11.5 Å². The molecular formula is C11H19N5O3. The van der Waals surface area contributed by atoms with E-state index in [1.165, 1.54) is 0 Å². The van der Waals surface area contributed by atoms with Gasteiger partial charge in [0.2, 0.25) is 11.8 Å². The van der Waals surface area contributed by atoms with E-state index in [0.29, 0.717) is 24.8 Å². The van der Waals surface area contributed by atoms with Crippen molar-refractivity contribution in [2.24, 2.45) is 0 Å². The summed E-state index contributed by atoms with van der Waals surface area (Å²) in [7, 11) is 3.31. The van der Waals surface area contributed by atoms with Gasteiger partial charge in [0.15, 0.2) is 0 Å². The Bertz CT molecular complexity index is 439. The number of aryl methyl sites for hydroxylation is 1. The third kappa shape index (κ3) is 4.32. The second-order valence-corrected chi connectivity index (χ2v) is 3.96. The minimum atomic E-state index is -0.466. The molecule has 0 aliphatic carbocycles. The van der Waals surface area contributed by atoms with Crippen molar-refractivity contribution in [2.45, 2.75) is 19.8 Å². The molecule has 0 atom stereocenters. The number of nitrogens with one attached hydrogen (secondary N) is 2. The standard InChI is InChI=1S/C11H19N5O3/c1-8-9(16(17)18)10(15-11(12-2)14-8)13-6-4-5-7-19-3/h4-7H2,1-3H3,(H2,12,13,14,15). The molecule has 1 heterocycles. The highest BCUT2D eigenvalue weighted by molar-refractivity contribution is 5.60. The third-order valence-corrected chi connectivity index (χ3v) is 2.53. The van der Waals surface area contributed by atoms with Crippen LogP contribution in [-0.4, -0.2) is 42.2 Å². The molecular weight excluding hydrogens is 250 g/mol. The summed E-state index contributed by atoms with van der Waals surface area (Å²) in [6.45, 7) is 2.87. The summed E-state index contributed by atoms with van der Waals surface area (Å²) in [5.41, 5.74) is 0.259. The van der Waals surface area contributed by atoms with E-state index in [1.807, 2.05) is 0 Å². The lowest BCUT2D eigenvalue weighted by molar-refractivity contribution is -0.385. The van der Waals surface area contributed by atoms with E-state index in [4.69, 9.17) is 4.74 Å². The fourth-order valence-electron chi connectivity index (χ4n) is 1.60. The molecule has 0 spiro atoms. The van der Waals surface area contributed by atoms with Gasteiger partial charge in [-0.05, 0) is 19.8 Å². The molecule has 0 saturated carbocycles. The first-order valence-electron chi connectivity index (χ1n) is 6.03. The molecule has 8 nitrogen and oxygen atoms in total. The fourth-order valence-corrected chi connectivity index (χ4v) is 1.60. The number of aromatic nitrogens is 2. The molecule has 0 unspecified atom stereocenters. The average molecular weight is 269 g/mol. The number of nitrogens with zero attached hydrogens (tertiary/aromatic N) is 3. The van der Waals surface area contributed by atoms with Gasteiger partial charge in [-0.25, -0.2) is 4.98 Å². The fraction of sp³-hybridized carbons (Fsp3) is 0.636. The molecule has 0 fully saturated rings. The van der Waals surface area contributed by atoms with Crippen LogP contribution in [0.25, 0.3) is 0 Å². The molecule has 1 aromatic heterocycles. The summed E-state index contributed by atoms with van der Waals surface area (Å²) in [6.07, 6.45) is 1.74. The number of anilines is 2. The number of ether oxygens (including phenoxy) is 1. The molecule has 8 heteroatoms. The van der Waals surface area contributed by atoms with Gasteiger partial charge >= 0.3 is 5.69 Å². The number of hydrogen-bond acceptors (Lipinski definition) is 7. The minimum Gasteiger partial charge on any atom is -0.385 e. The minimum absolute atomic E-state index is 0.0780. The van der Waals surface area contributed by atoms with Crippen LogP contribution >= 0.6 is 0 Å². The van der Waals surface area contributed by atoms with Crippen LogP contribution in [0.4, 0.5) is 17.5 Å². The first kappa shape index (κ1) is 15.1. The first-order valence-corrected chi connectivity index (χ1v) is 6.03. The molecule has 0 aromatic carbocycles. The largest absolute Gasteiger partial charge is 0.385 e. The summed E-state index contributed by atoms with van der Waals surface area (Å²) in [6, 6.07) is 0. The Morgan fingerprint density at radius 2 is 2.11 bits per heavy atom. The van der Waals surface area contributed by atoms with Gasteiger partial charge in [-0.15, -0.1) is 0 Å². The van der Waals surface area contributed by atoms with Crippen molar-refractivity contribution in [1.82, 2.24) is 9.97 Å². The van der Waals surface area contributed by atoms with Crippen molar-refractivity contribution in [3.8, 4) is 0 Å². The van der Waals surface area contributed by atoms with Gasteiger partial charge in [0.25, 0.3) is 0 Å². The summed E-state index contributed by atoms with van der Waals surface area (Å²) >= 11 is 0. The van der Waals surface area contributed by atoms with Crippen LogP contribution in [0.5, 0.6) is 0 Å². The van der Waals surface area contributed by atoms with Crippen LogP contribution in [0.15, 0.2) is 0 Å². The zero-order valence-electron chi connectivity index (χ0n) is 11.4. The van der Waals surface area contributed by atoms with Crippen LogP contribution in [0.2, 0.25) is 0 Å². The summed E-state index contributed by atoms with van der Waals surface area (Å²) in [4.78, 5) is 18.6. The number of methoxy groups -OCH3 is 1. The normalized spacial score (nSPS) is 10.3. The molecule has 1 aromatic rings. The van der Waals surface area contributed by atoms with Crippen LogP contribution in [0.1, 0.15) is 18.5 Å². The molecule has 106 valence electrons. The number of nitro groups is 1. The van der Waals surface area contributed by atoms with Gasteiger partial charge in [-0.3, -0.25) is 10.1 Å². The van der Waals surface area contributed by atoms with E-state index in [2.05, 4.69) is 20.6 Å². The van der Waals surface area contributed by atoms with Crippen molar-refractivity contribution in [1.29, 1.82) is 0 Å². The Kier molecular flexibility index (Phi) is 5.94. The van der Waals surface area contributed by atoms with Crippen molar-refractivity contribution >= 4 is 17.5 Å². The second-order valence-electron chi connectivity index (χ2n) is 3.96.